The molecule has 0 saturated carbocycles. The van der Waals surface area contributed by atoms with E-state index in [0.29, 0.717) is 5.56 Å². The summed E-state index contributed by atoms with van der Waals surface area (Å²) in [6.45, 7) is 8.17. The fourth-order valence-electron chi connectivity index (χ4n) is 2.86. The third-order valence-electron chi connectivity index (χ3n) is 4.47. The number of rotatable bonds is 3. The number of hydrogen-bond donors (Lipinski definition) is 0. The number of anilines is 1. The van der Waals surface area contributed by atoms with Gasteiger partial charge in [-0.25, -0.2) is 8.42 Å². The summed E-state index contributed by atoms with van der Waals surface area (Å²) in [7, 11) is -1.06. The molecular formula is C17H26N2O3S. The van der Waals surface area contributed by atoms with Crippen molar-refractivity contribution in [2.75, 3.05) is 30.0 Å². The van der Waals surface area contributed by atoms with Crippen molar-refractivity contribution < 1.29 is 13.2 Å². The zero-order chi connectivity index (χ0) is 17.4. The summed E-state index contributed by atoms with van der Waals surface area (Å²) >= 11 is 0. The van der Waals surface area contributed by atoms with Crippen LogP contribution >= 0.6 is 0 Å². The number of carbonyl (C=O) groups excluding carboxylic acids is 1. The van der Waals surface area contributed by atoms with Gasteiger partial charge in [-0.3, -0.25) is 4.79 Å². The molecule has 1 aromatic rings. The summed E-state index contributed by atoms with van der Waals surface area (Å²) in [5.74, 6) is 0.00283. The highest BCUT2D eigenvalue weighted by Crippen LogP contribution is 2.26. The largest absolute Gasteiger partial charge is 0.372 e. The number of hydrogen-bond acceptors (Lipinski definition) is 4. The third kappa shape index (κ3) is 3.86. The van der Waals surface area contributed by atoms with Gasteiger partial charge in [0.25, 0.3) is 5.91 Å². The molecule has 1 fully saturated rings. The summed E-state index contributed by atoms with van der Waals surface area (Å²) < 4.78 is 23.5. The van der Waals surface area contributed by atoms with E-state index in [9.17, 15) is 13.2 Å². The van der Waals surface area contributed by atoms with E-state index in [4.69, 9.17) is 0 Å². The van der Waals surface area contributed by atoms with Crippen LogP contribution < -0.4 is 4.90 Å². The molecule has 1 saturated heterocycles. The second kappa shape index (κ2) is 6.51. The lowest BCUT2D eigenvalue weighted by Gasteiger charge is -2.35. The quantitative estimate of drug-likeness (QED) is 0.847. The van der Waals surface area contributed by atoms with Crippen LogP contribution in [0.25, 0.3) is 0 Å². The second-order valence-corrected chi connectivity index (χ2v) is 8.92. The Hall–Kier alpha value is -1.56. The van der Waals surface area contributed by atoms with E-state index in [1.165, 1.54) is 0 Å². The van der Waals surface area contributed by atoms with E-state index >= 15 is 0 Å². The van der Waals surface area contributed by atoms with Gasteiger partial charge in [0.15, 0.2) is 9.84 Å². The number of nitrogens with zero attached hydrogens (tertiary/aromatic N) is 2. The van der Waals surface area contributed by atoms with Crippen molar-refractivity contribution in [2.24, 2.45) is 0 Å². The van der Waals surface area contributed by atoms with Crippen molar-refractivity contribution in [1.82, 2.24) is 4.90 Å². The summed E-state index contributed by atoms with van der Waals surface area (Å²) in [6, 6.07) is 5.83. The molecule has 1 heterocycles. The van der Waals surface area contributed by atoms with Gasteiger partial charge >= 0.3 is 0 Å². The fraction of sp³-hybridized carbons (Fsp3) is 0.588. The summed E-state index contributed by atoms with van der Waals surface area (Å²) in [6.07, 6.45) is 0. The lowest BCUT2D eigenvalue weighted by atomic mass is 10.1. The lowest BCUT2D eigenvalue weighted by Crippen LogP contribution is -2.50. The minimum absolute atomic E-state index is 0.0416. The zero-order valence-electron chi connectivity index (χ0n) is 14.5. The number of amides is 1. The Bertz CT molecular complexity index is 698. The Labute approximate surface area is 139 Å². The van der Waals surface area contributed by atoms with Crippen LogP contribution in [0.1, 0.15) is 36.7 Å². The summed E-state index contributed by atoms with van der Waals surface area (Å²) in [4.78, 5) is 16.8. The molecule has 1 atom stereocenters. The molecule has 1 aliphatic heterocycles. The molecule has 2 rings (SSSR count). The second-order valence-electron chi connectivity index (χ2n) is 6.69. The maximum Gasteiger partial charge on any atom is 0.256 e. The predicted octanol–water partition coefficient (Wildman–Crippen LogP) is 2.10. The molecule has 1 aliphatic rings. The lowest BCUT2D eigenvalue weighted by molar-refractivity contribution is 0.0713. The van der Waals surface area contributed by atoms with Crippen LogP contribution in [0.2, 0.25) is 0 Å². The molecule has 0 aromatic heterocycles. The van der Waals surface area contributed by atoms with E-state index in [0.717, 1.165) is 11.3 Å². The molecule has 23 heavy (non-hydrogen) atoms. The maximum atomic E-state index is 13.0. The topological polar surface area (TPSA) is 57.7 Å². The average Bonchev–Trinajstić information content (AvgIpc) is 2.44. The molecule has 1 amide bonds. The van der Waals surface area contributed by atoms with E-state index < -0.39 is 9.84 Å². The minimum Gasteiger partial charge on any atom is -0.372 e. The van der Waals surface area contributed by atoms with Crippen LogP contribution in [-0.2, 0) is 9.84 Å². The molecule has 0 unspecified atom stereocenters. The fourth-order valence-corrected chi connectivity index (χ4v) is 4.42. The highest BCUT2D eigenvalue weighted by Gasteiger charge is 2.33. The number of aryl methyl sites for hydroxylation is 1. The number of sulfone groups is 1. The normalized spacial score (nSPS) is 20.6. The number of benzene rings is 1. The van der Waals surface area contributed by atoms with Crippen molar-refractivity contribution in [3.63, 3.8) is 0 Å². The minimum atomic E-state index is -3.03. The van der Waals surface area contributed by atoms with Gasteiger partial charge in [0.1, 0.15) is 0 Å². The Balaban J connectivity index is 2.37. The Morgan fingerprint density at radius 2 is 2.00 bits per heavy atom. The van der Waals surface area contributed by atoms with Crippen molar-refractivity contribution in [3.05, 3.63) is 29.3 Å². The molecule has 0 N–H and O–H groups in total. The van der Waals surface area contributed by atoms with Gasteiger partial charge in [0.2, 0.25) is 0 Å². The predicted molar refractivity (Wildman–Crippen MR) is 93.9 cm³/mol. The van der Waals surface area contributed by atoms with E-state index in [1.54, 1.807) is 11.8 Å². The average molecular weight is 338 g/mol. The zero-order valence-corrected chi connectivity index (χ0v) is 15.4. The van der Waals surface area contributed by atoms with Gasteiger partial charge in [-0.15, -0.1) is 0 Å². The van der Waals surface area contributed by atoms with Crippen LogP contribution in [0.15, 0.2) is 18.2 Å². The van der Waals surface area contributed by atoms with Crippen LogP contribution in [-0.4, -0.2) is 56.4 Å². The monoisotopic (exact) mass is 338 g/mol. The highest BCUT2D eigenvalue weighted by molar-refractivity contribution is 7.91. The third-order valence-corrected chi connectivity index (χ3v) is 6.26. The molecule has 128 valence electrons. The van der Waals surface area contributed by atoms with E-state index in [1.807, 2.05) is 32.2 Å². The molecule has 6 heteroatoms. The van der Waals surface area contributed by atoms with Crippen LogP contribution in [0.4, 0.5) is 5.69 Å². The molecule has 0 spiro atoms. The Morgan fingerprint density at radius 1 is 1.35 bits per heavy atom. The molecule has 0 radical (unpaired) electrons. The standard InChI is InChI=1S/C17H26N2O3S/c1-12(2)18(5)16-7-6-13(3)10-15(16)17(20)19-8-9-23(21,22)11-14(19)4/h6-7,10,12,14H,8-9,11H2,1-5H3/t14-/m0/s1. The molecule has 5 nitrogen and oxygen atoms in total. The van der Waals surface area contributed by atoms with Gasteiger partial charge < -0.3 is 9.80 Å². The van der Waals surface area contributed by atoms with Gasteiger partial charge in [0, 0.05) is 31.4 Å². The first-order chi connectivity index (χ1) is 10.6. The van der Waals surface area contributed by atoms with Gasteiger partial charge in [-0.1, -0.05) is 11.6 Å². The maximum absolute atomic E-state index is 13.0. The van der Waals surface area contributed by atoms with Gasteiger partial charge in [-0.05, 0) is 39.8 Å². The summed E-state index contributed by atoms with van der Waals surface area (Å²) in [5, 5.41) is 0. The summed E-state index contributed by atoms with van der Waals surface area (Å²) in [5.41, 5.74) is 2.55. The molecule has 1 aromatic carbocycles. The van der Waals surface area contributed by atoms with E-state index in [-0.39, 0.29) is 36.0 Å². The highest BCUT2D eigenvalue weighted by atomic mass is 32.2. The first-order valence-corrected chi connectivity index (χ1v) is 9.79. The first-order valence-electron chi connectivity index (χ1n) is 7.97. The van der Waals surface area contributed by atoms with Crippen LogP contribution in [0.5, 0.6) is 0 Å². The van der Waals surface area contributed by atoms with Gasteiger partial charge in [0.05, 0.1) is 17.1 Å². The van der Waals surface area contributed by atoms with Crippen molar-refractivity contribution in [2.45, 2.75) is 39.8 Å². The van der Waals surface area contributed by atoms with Crippen LogP contribution in [0.3, 0.4) is 0 Å². The smallest absolute Gasteiger partial charge is 0.256 e. The SMILES string of the molecule is Cc1ccc(N(C)C(C)C)c(C(=O)N2CCS(=O)(=O)C[C@@H]2C)c1. The van der Waals surface area contributed by atoms with Crippen molar-refractivity contribution >= 4 is 21.4 Å². The Kier molecular flexibility index (Phi) is 5.04. The first kappa shape index (κ1) is 17.8. The Morgan fingerprint density at radius 3 is 2.57 bits per heavy atom. The van der Waals surface area contributed by atoms with Crippen LogP contribution in [0, 0.1) is 6.92 Å². The van der Waals surface area contributed by atoms with E-state index in [2.05, 4.69) is 18.7 Å². The van der Waals surface area contributed by atoms with Crippen molar-refractivity contribution in [1.29, 1.82) is 0 Å². The number of carbonyl (C=O) groups is 1. The van der Waals surface area contributed by atoms with Crippen molar-refractivity contribution in [3.8, 4) is 0 Å². The molecule has 0 bridgehead atoms. The van der Waals surface area contributed by atoms with Gasteiger partial charge in [-0.2, -0.15) is 0 Å². The molecule has 0 aliphatic carbocycles. The molecular weight excluding hydrogens is 312 g/mol.